The number of carbonyl (C=O) groups excluding carboxylic acids is 3. The Balaban J connectivity index is 4.23. The van der Waals surface area contributed by atoms with Crippen molar-refractivity contribution < 1.29 is 42.9 Å². The fourth-order valence-electron chi connectivity index (χ4n) is 8.29. The molecule has 0 N–H and O–H groups in total. The predicted octanol–water partition coefficient (Wildman–Crippen LogP) is 17.3. The second-order valence-corrected chi connectivity index (χ2v) is 21.6. The highest BCUT2D eigenvalue weighted by Crippen LogP contribution is 2.16. The number of likely N-dealkylation sites (N-methyl/N-ethyl adjacent to an activating group) is 1. The number of unbranched alkanes of at least 4 members (excludes halogenated alkanes) is 23. The van der Waals surface area contributed by atoms with E-state index in [1.54, 1.807) is 0 Å². The van der Waals surface area contributed by atoms with Gasteiger partial charge in [0.05, 0.1) is 40.3 Å². The van der Waals surface area contributed by atoms with Crippen LogP contribution in [0.15, 0.2) is 109 Å². The number of hydrogen-bond acceptors (Lipinski definition) is 8. The number of rotatable bonds is 56. The van der Waals surface area contributed by atoms with Crippen LogP contribution in [-0.4, -0.2) is 82.3 Å². The van der Waals surface area contributed by atoms with E-state index >= 15 is 0 Å². The van der Waals surface area contributed by atoms with E-state index in [1.807, 2.05) is 21.1 Å². The zero-order chi connectivity index (χ0) is 56.2. The highest BCUT2D eigenvalue weighted by Gasteiger charge is 2.22. The molecular formula is C68H115NO8. The smallest absolute Gasteiger partial charge is 0.306 e. The molecule has 0 saturated heterocycles. The third kappa shape index (κ3) is 59.5. The molecule has 0 aromatic carbocycles. The molecule has 9 nitrogen and oxygen atoms in total. The average molecular weight is 1070 g/mol. The largest absolute Gasteiger partial charge is 0.545 e. The number of carboxylic acid groups (broad SMARTS) is 1. The van der Waals surface area contributed by atoms with E-state index in [-0.39, 0.29) is 38.6 Å². The zero-order valence-electron chi connectivity index (χ0n) is 50.0. The Kier molecular flexibility index (Phi) is 55.1. The molecular weight excluding hydrogens is 959 g/mol. The fraction of sp³-hybridized carbons (Fsp3) is 0.691. The molecule has 0 spiro atoms. The minimum Gasteiger partial charge on any atom is -0.545 e. The second kappa shape index (κ2) is 58.1. The minimum absolute atomic E-state index is 0.141. The van der Waals surface area contributed by atoms with Gasteiger partial charge >= 0.3 is 11.9 Å². The van der Waals surface area contributed by atoms with Crippen molar-refractivity contribution >= 4 is 17.9 Å². The van der Waals surface area contributed by atoms with Crippen molar-refractivity contribution in [3.05, 3.63) is 109 Å². The van der Waals surface area contributed by atoms with Gasteiger partial charge < -0.3 is 33.3 Å². The summed E-state index contributed by atoms with van der Waals surface area (Å²) < 4.78 is 22.7. The number of nitrogens with zero attached hydrogens (tertiary/aromatic N) is 1. The number of carbonyl (C=O) groups is 3. The first-order valence-electron chi connectivity index (χ1n) is 31.0. The van der Waals surface area contributed by atoms with Gasteiger partial charge in [0.2, 0.25) is 0 Å². The van der Waals surface area contributed by atoms with Crippen molar-refractivity contribution in [3.63, 3.8) is 0 Å². The van der Waals surface area contributed by atoms with Crippen LogP contribution in [0.2, 0.25) is 0 Å². The summed E-state index contributed by atoms with van der Waals surface area (Å²) in [6, 6.07) is 0. The van der Waals surface area contributed by atoms with Crippen LogP contribution in [0.3, 0.4) is 0 Å². The van der Waals surface area contributed by atoms with Gasteiger partial charge in [-0.3, -0.25) is 9.59 Å². The van der Waals surface area contributed by atoms with Crippen molar-refractivity contribution in [1.82, 2.24) is 0 Å². The summed E-state index contributed by atoms with van der Waals surface area (Å²) in [5.41, 5.74) is 0. The van der Waals surface area contributed by atoms with Gasteiger partial charge in [-0.25, -0.2) is 0 Å². The number of allylic oxidation sites excluding steroid dienone is 18. The van der Waals surface area contributed by atoms with Crippen LogP contribution in [-0.2, 0) is 33.3 Å². The van der Waals surface area contributed by atoms with Crippen molar-refractivity contribution in [1.29, 1.82) is 0 Å². The molecule has 2 unspecified atom stereocenters. The van der Waals surface area contributed by atoms with Crippen molar-refractivity contribution in [3.8, 4) is 0 Å². The number of esters is 2. The summed E-state index contributed by atoms with van der Waals surface area (Å²) in [6.07, 6.45) is 77.1. The molecule has 0 heterocycles. The summed E-state index contributed by atoms with van der Waals surface area (Å²) in [7, 11) is 5.91. The van der Waals surface area contributed by atoms with Crippen LogP contribution in [0.1, 0.15) is 245 Å². The first kappa shape index (κ1) is 73.0. The molecule has 0 saturated carbocycles. The molecule has 77 heavy (non-hydrogen) atoms. The Labute approximate surface area is 473 Å². The zero-order valence-corrected chi connectivity index (χ0v) is 50.0. The molecule has 0 aromatic heterocycles. The maximum Gasteiger partial charge on any atom is 0.306 e. The van der Waals surface area contributed by atoms with Gasteiger partial charge in [-0.15, -0.1) is 0 Å². The number of ether oxygens (including phenoxy) is 4. The van der Waals surface area contributed by atoms with E-state index in [1.165, 1.54) is 109 Å². The summed E-state index contributed by atoms with van der Waals surface area (Å²) in [6.45, 7) is 4.63. The summed E-state index contributed by atoms with van der Waals surface area (Å²) in [5.74, 6) is -2.30. The molecule has 0 aliphatic rings. The molecule has 440 valence electrons. The van der Waals surface area contributed by atoms with Crippen LogP contribution in [0, 0.1) is 0 Å². The Morgan fingerprint density at radius 1 is 0.403 bits per heavy atom. The molecule has 0 aliphatic carbocycles. The molecule has 2 atom stereocenters. The Morgan fingerprint density at radius 3 is 1.10 bits per heavy atom. The lowest BCUT2D eigenvalue weighted by molar-refractivity contribution is -0.870. The molecule has 9 heteroatoms. The summed E-state index contributed by atoms with van der Waals surface area (Å²) in [5, 5.41) is 11.8. The topological polar surface area (TPSA) is 111 Å². The molecule has 0 aromatic rings. The number of hydrogen-bond donors (Lipinski definition) is 0. The minimum atomic E-state index is -1.63. The molecule has 0 amide bonds. The van der Waals surface area contributed by atoms with E-state index in [0.717, 1.165) is 103 Å². The Morgan fingerprint density at radius 2 is 0.740 bits per heavy atom. The van der Waals surface area contributed by atoms with E-state index in [2.05, 4.69) is 123 Å². The Bertz CT molecular complexity index is 1630. The van der Waals surface area contributed by atoms with Gasteiger partial charge in [-0.05, 0) is 83.5 Å². The first-order chi connectivity index (χ1) is 37.6. The van der Waals surface area contributed by atoms with Crippen LogP contribution in [0.4, 0.5) is 0 Å². The van der Waals surface area contributed by atoms with Crippen molar-refractivity contribution in [2.75, 3.05) is 47.5 Å². The monoisotopic (exact) mass is 1070 g/mol. The van der Waals surface area contributed by atoms with Crippen molar-refractivity contribution in [2.24, 2.45) is 0 Å². The number of aliphatic carboxylic acids is 1. The third-order valence-corrected chi connectivity index (χ3v) is 13.0. The van der Waals surface area contributed by atoms with Gasteiger partial charge in [-0.1, -0.05) is 258 Å². The first-order valence-corrected chi connectivity index (χ1v) is 31.0. The lowest BCUT2D eigenvalue weighted by Gasteiger charge is -2.26. The second-order valence-electron chi connectivity index (χ2n) is 21.6. The Hall–Kier alpha value is -4.05. The predicted molar refractivity (Wildman–Crippen MR) is 324 cm³/mol. The van der Waals surface area contributed by atoms with Gasteiger partial charge in [0.15, 0.2) is 12.4 Å². The van der Waals surface area contributed by atoms with Crippen LogP contribution in [0.25, 0.3) is 0 Å². The average Bonchev–Trinajstić information content (AvgIpc) is 3.40. The highest BCUT2D eigenvalue weighted by atomic mass is 16.7. The highest BCUT2D eigenvalue weighted by molar-refractivity contribution is 5.70. The van der Waals surface area contributed by atoms with E-state index in [9.17, 15) is 19.5 Å². The summed E-state index contributed by atoms with van der Waals surface area (Å²) in [4.78, 5) is 37.3. The quantitative estimate of drug-likeness (QED) is 0.0195. The van der Waals surface area contributed by atoms with E-state index in [0.29, 0.717) is 17.4 Å². The van der Waals surface area contributed by atoms with Crippen LogP contribution in [0.5, 0.6) is 0 Å². The van der Waals surface area contributed by atoms with Gasteiger partial charge in [-0.2, -0.15) is 0 Å². The lowest BCUT2D eigenvalue weighted by atomic mass is 10.0. The third-order valence-electron chi connectivity index (χ3n) is 13.0. The van der Waals surface area contributed by atoms with Gasteiger partial charge in [0.25, 0.3) is 0 Å². The number of carboxylic acids is 1. The molecule has 0 rings (SSSR count). The van der Waals surface area contributed by atoms with E-state index < -0.39 is 24.3 Å². The van der Waals surface area contributed by atoms with Crippen LogP contribution < -0.4 is 5.11 Å². The van der Waals surface area contributed by atoms with Gasteiger partial charge in [0.1, 0.15) is 13.2 Å². The molecule has 0 fully saturated rings. The normalized spacial score (nSPS) is 13.5. The standard InChI is InChI=1S/C68H115NO8/c1-6-8-10-12-14-16-18-20-22-24-25-26-27-28-29-30-31-32-33-34-35-36-37-38-39-40-41-43-45-47-49-51-53-55-57-59-66(71)77-64(63-76-68(67(72)73)74-61-60-69(3,4)5)62-75-65(70)58-56-54-52-50-48-46-44-42-23-21-19-17-15-13-11-9-7-2/h8,10,14,16,20,22,25-26,28-29,31-32,34-35,37-38,40-41,64,68H,6-7,9,11-13,15,17-19,21,23-24,27,30,33,36,39,42-63H2,1-5H3/b10-8-,16-14-,22-20-,26-25-,29-28-,32-31-,35-34-,38-37-,41-40-. The maximum atomic E-state index is 12.9. The SMILES string of the molecule is CC/C=C\C/C=C\C/C=C\C/C=C\C/C=C\C/C=C\C/C=C\C/C=C\C/C=C\CCCCCCCCCC(=O)OC(COC(=O)CCCCCCCCCCCCCCCCCCC)COC(OCC[N+](C)(C)C)C(=O)[O-]. The molecule has 0 bridgehead atoms. The lowest BCUT2D eigenvalue weighted by Crippen LogP contribution is -2.44. The van der Waals surface area contributed by atoms with Crippen molar-refractivity contribution in [2.45, 2.75) is 257 Å². The van der Waals surface area contributed by atoms with E-state index in [4.69, 9.17) is 18.9 Å². The molecule has 0 radical (unpaired) electrons. The maximum absolute atomic E-state index is 12.9. The van der Waals surface area contributed by atoms with Gasteiger partial charge in [0, 0.05) is 12.8 Å². The fourth-order valence-corrected chi connectivity index (χ4v) is 8.29. The van der Waals surface area contributed by atoms with Crippen LogP contribution >= 0.6 is 0 Å². The molecule has 0 aliphatic heterocycles. The number of quaternary nitrogens is 1. The summed E-state index contributed by atoms with van der Waals surface area (Å²) >= 11 is 0.